The summed E-state index contributed by atoms with van der Waals surface area (Å²) in [5, 5.41) is 0. The van der Waals surface area contributed by atoms with E-state index in [0.717, 1.165) is 29.1 Å². The molecule has 9 heteroatoms. The summed E-state index contributed by atoms with van der Waals surface area (Å²) in [5.41, 5.74) is 0.500. The van der Waals surface area contributed by atoms with Gasteiger partial charge in [-0.2, -0.15) is 0 Å². The Balaban J connectivity index is 1.94. The van der Waals surface area contributed by atoms with Crippen LogP contribution in [0, 0.1) is 0 Å². The van der Waals surface area contributed by atoms with Crippen molar-refractivity contribution in [3.8, 4) is 5.75 Å². The van der Waals surface area contributed by atoms with Crippen molar-refractivity contribution in [3.63, 3.8) is 0 Å². The molecule has 2 heterocycles. The van der Waals surface area contributed by atoms with Gasteiger partial charge in [0.05, 0.1) is 37.0 Å². The molecule has 0 atom stereocenters. The molecule has 0 N–H and O–H groups in total. The van der Waals surface area contributed by atoms with Gasteiger partial charge in [0, 0.05) is 13.1 Å². The standard InChI is InChI=1S/C23H28N2O6S/c1-3-11-31-18-7-5-17(6-8-18)14-19-23(28)25(21(32-19)15-22(27)30-4-2)16-20(26)24-9-12-29-13-10-24/h5-8,14-15H,3-4,9-13,16H2,1-2H3. The Hall–Kier alpha value is -2.91. The third-order valence-corrected chi connectivity index (χ3v) is 5.83. The minimum absolute atomic E-state index is 0.141. The van der Waals surface area contributed by atoms with Crippen LogP contribution in [0.4, 0.5) is 0 Å². The average Bonchev–Trinajstić information content (AvgIpc) is 3.08. The van der Waals surface area contributed by atoms with Crippen LogP contribution < -0.4 is 19.5 Å². The molecule has 1 aliphatic rings. The second-order valence-electron chi connectivity index (χ2n) is 7.15. The number of hydrogen-bond donors (Lipinski definition) is 0. The highest BCUT2D eigenvalue weighted by molar-refractivity contribution is 7.07. The van der Waals surface area contributed by atoms with Gasteiger partial charge in [-0.15, -0.1) is 11.3 Å². The predicted molar refractivity (Wildman–Crippen MR) is 122 cm³/mol. The topological polar surface area (TPSA) is 87.1 Å². The fraction of sp³-hybridized carbons (Fsp3) is 0.435. The Morgan fingerprint density at radius 1 is 1.16 bits per heavy atom. The number of aromatic nitrogens is 1. The van der Waals surface area contributed by atoms with E-state index in [-0.39, 0.29) is 24.6 Å². The molecular formula is C23H28N2O6S. The van der Waals surface area contributed by atoms with Crippen LogP contribution in [0.15, 0.2) is 29.1 Å². The maximum absolute atomic E-state index is 13.1. The van der Waals surface area contributed by atoms with Gasteiger partial charge in [0.1, 0.15) is 17.0 Å². The number of benzene rings is 1. The number of amides is 1. The fourth-order valence-electron chi connectivity index (χ4n) is 3.16. The molecule has 0 aliphatic carbocycles. The molecule has 1 aliphatic heterocycles. The summed E-state index contributed by atoms with van der Waals surface area (Å²) in [4.78, 5) is 39.5. The first-order valence-corrected chi connectivity index (χ1v) is 11.5. The van der Waals surface area contributed by atoms with Crippen molar-refractivity contribution < 1.29 is 23.8 Å². The van der Waals surface area contributed by atoms with Gasteiger partial charge in [-0.25, -0.2) is 4.79 Å². The summed E-state index contributed by atoms with van der Waals surface area (Å²) >= 11 is 1.15. The van der Waals surface area contributed by atoms with E-state index in [1.165, 1.54) is 10.6 Å². The normalized spacial score (nSPS) is 15.1. The smallest absolute Gasteiger partial charge is 0.333 e. The molecule has 8 nitrogen and oxygen atoms in total. The second kappa shape index (κ2) is 11.6. The number of ether oxygens (including phenoxy) is 3. The zero-order valence-corrected chi connectivity index (χ0v) is 19.2. The summed E-state index contributed by atoms with van der Waals surface area (Å²) < 4.78 is 18.0. The van der Waals surface area contributed by atoms with Crippen LogP contribution in [0.1, 0.15) is 25.8 Å². The third-order valence-electron chi connectivity index (χ3n) is 4.77. The minimum Gasteiger partial charge on any atom is -0.494 e. The van der Waals surface area contributed by atoms with Crippen molar-refractivity contribution in [2.24, 2.45) is 0 Å². The number of nitrogens with zero attached hydrogens (tertiary/aromatic N) is 2. The zero-order valence-electron chi connectivity index (χ0n) is 18.4. The summed E-state index contributed by atoms with van der Waals surface area (Å²) in [6.07, 6.45) is 3.93. The molecule has 3 rings (SSSR count). The Morgan fingerprint density at radius 3 is 2.53 bits per heavy atom. The highest BCUT2D eigenvalue weighted by Crippen LogP contribution is 2.12. The van der Waals surface area contributed by atoms with Crippen molar-refractivity contribution in [2.45, 2.75) is 26.8 Å². The van der Waals surface area contributed by atoms with Crippen molar-refractivity contribution >= 4 is 35.4 Å². The Morgan fingerprint density at radius 2 is 1.88 bits per heavy atom. The van der Waals surface area contributed by atoms with E-state index in [2.05, 4.69) is 0 Å². The van der Waals surface area contributed by atoms with Gasteiger partial charge in [-0.05, 0) is 37.1 Å². The number of morpholine rings is 1. The molecule has 1 saturated heterocycles. The fourth-order valence-corrected chi connectivity index (χ4v) is 4.19. The van der Waals surface area contributed by atoms with Crippen LogP contribution in [0.3, 0.4) is 0 Å². The molecule has 0 unspecified atom stereocenters. The van der Waals surface area contributed by atoms with Gasteiger partial charge >= 0.3 is 5.97 Å². The van der Waals surface area contributed by atoms with Crippen molar-refractivity contribution in [2.75, 3.05) is 39.5 Å². The molecule has 1 aromatic heterocycles. The molecule has 0 spiro atoms. The van der Waals surface area contributed by atoms with Crippen LogP contribution in [-0.4, -0.2) is 60.9 Å². The largest absolute Gasteiger partial charge is 0.494 e. The van der Waals surface area contributed by atoms with Crippen LogP contribution in [0.25, 0.3) is 12.2 Å². The van der Waals surface area contributed by atoms with Gasteiger partial charge in [0.25, 0.3) is 5.56 Å². The first-order valence-electron chi connectivity index (χ1n) is 10.7. The maximum Gasteiger partial charge on any atom is 0.333 e. The lowest BCUT2D eigenvalue weighted by molar-refractivity contribution is -0.136. The molecule has 0 saturated carbocycles. The average molecular weight is 461 g/mol. The Labute approximate surface area is 190 Å². The summed E-state index contributed by atoms with van der Waals surface area (Å²) in [6, 6.07) is 7.42. The van der Waals surface area contributed by atoms with Crippen molar-refractivity contribution in [1.29, 1.82) is 0 Å². The third kappa shape index (κ3) is 6.30. The predicted octanol–water partition coefficient (Wildman–Crippen LogP) is 0.730. The zero-order chi connectivity index (χ0) is 22.9. The number of thiazole rings is 1. The Bertz CT molecular complexity index is 1100. The highest BCUT2D eigenvalue weighted by atomic mass is 32.1. The second-order valence-corrected chi connectivity index (χ2v) is 8.21. The van der Waals surface area contributed by atoms with Crippen LogP contribution in [-0.2, 0) is 25.6 Å². The molecule has 1 amide bonds. The van der Waals surface area contributed by atoms with Gasteiger partial charge in [-0.3, -0.25) is 14.2 Å². The lowest BCUT2D eigenvalue weighted by Crippen LogP contribution is -2.45. The van der Waals surface area contributed by atoms with Crippen molar-refractivity contribution in [1.82, 2.24) is 9.47 Å². The molecule has 2 aromatic rings. The first-order chi connectivity index (χ1) is 15.5. The van der Waals surface area contributed by atoms with E-state index in [1.54, 1.807) is 17.9 Å². The highest BCUT2D eigenvalue weighted by Gasteiger charge is 2.19. The number of rotatable bonds is 8. The van der Waals surface area contributed by atoms with Crippen LogP contribution in [0.5, 0.6) is 5.75 Å². The molecular weight excluding hydrogens is 432 g/mol. The quantitative estimate of drug-likeness (QED) is 0.540. The van der Waals surface area contributed by atoms with Gasteiger partial charge < -0.3 is 19.1 Å². The summed E-state index contributed by atoms with van der Waals surface area (Å²) in [6.45, 7) is 6.40. The maximum atomic E-state index is 13.1. The van der Waals surface area contributed by atoms with E-state index in [9.17, 15) is 14.4 Å². The van der Waals surface area contributed by atoms with E-state index < -0.39 is 5.97 Å². The molecule has 172 valence electrons. The van der Waals surface area contributed by atoms with E-state index >= 15 is 0 Å². The first kappa shape index (κ1) is 23.7. The van der Waals surface area contributed by atoms with Crippen LogP contribution >= 0.6 is 11.3 Å². The molecule has 1 aromatic carbocycles. The number of carbonyl (C=O) groups is 2. The molecule has 0 bridgehead atoms. The summed E-state index contributed by atoms with van der Waals surface area (Å²) in [5.74, 6) is 0.0287. The van der Waals surface area contributed by atoms with E-state index in [4.69, 9.17) is 14.2 Å². The number of esters is 1. The lowest BCUT2D eigenvalue weighted by atomic mass is 10.2. The Kier molecular flexibility index (Phi) is 8.64. The summed E-state index contributed by atoms with van der Waals surface area (Å²) in [7, 11) is 0. The van der Waals surface area contributed by atoms with Gasteiger partial charge in [-0.1, -0.05) is 19.1 Å². The van der Waals surface area contributed by atoms with Gasteiger partial charge in [0.2, 0.25) is 5.91 Å². The molecule has 32 heavy (non-hydrogen) atoms. The van der Waals surface area contributed by atoms with E-state index in [0.29, 0.717) is 42.1 Å². The van der Waals surface area contributed by atoms with E-state index in [1.807, 2.05) is 31.2 Å². The SMILES string of the molecule is CCCOc1ccc(C=c2sc(=CC(=O)OCC)n(CC(=O)N3CCOCC3)c2=O)cc1. The number of carbonyl (C=O) groups excluding carboxylic acids is 2. The minimum atomic E-state index is -0.551. The molecule has 1 fully saturated rings. The molecule has 0 radical (unpaired) electrons. The van der Waals surface area contributed by atoms with Crippen LogP contribution in [0.2, 0.25) is 0 Å². The lowest BCUT2D eigenvalue weighted by Gasteiger charge is -2.26. The monoisotopic (exact) mass is 460 g/mol. The number of hydrogen-bond acceptors (Lipinski definition) is 7. The van der Waals surface area contributed by atoms with Crippen molar-refractivity contribution in [3.05, 3.63) is 49.4 Å². The van der Waals surface area contributed by atoms with Gasteiger partial charge in [0.15, 0.2) is 0 Å².